The van der Waals surface area contributed by atoms with Crippen LogP contribution in [0.5, 0.6) is 0 Å². The Balaban J connectivity index is 1.75. The van der Waals surface area contributed by atoms with E-state index in [0.717, 1.165) is 10.4 Å². The summed E-state index contributed by atoms with van der Waals surface area (Å²) in [6.07, 6.45) is 2.45. The van der Waals surface area contributed by atoms with Gasteiger partial charge >= 0.3 is 5.97 Å². The highest BCUT2D eigenvalue weighted by Gasteiger charge is 2.22. The summed E-state index contributed by atoms with van der Waals surface area (Å²) in [6.45, 7) is 4.23. The number of hydrogen-bond acceptors (Lipinski definition) is 5. The zero-order valence-corrected chi connectivity index (χ0v) is 19.8. The van der Waals surface area contributed by atoms with E-state index in [-0.39, 0.29) is 17.5 Å². The molecule has 0 saturated carbocycles. The molecule has 0 fully saturated rings. The predicted molar refractivity (Wildman–Crippen MR) is 125 cm³/mol. The van der Waals surface area contributed by atoms with Gasteiger partial charge in [-0.2, -0.15) is 5.10 Å². The number of carbonyl (C=O) groups is 1. The third-order valence-corrected chi connectivity index (χ3v) is 6.27. The van der Waals surface area contributed by atoms with Gasteiger partial charge in [0.15, 0.2) is 10.9 Å². The number of nitrogens with zero attached hydrogens (tertiary/aromatic N) is 2. The highest BCUT2D eigenvalue weighted by molar-refractivity contribution is 9.10. The summed E-state index contributed by atoms with van der Waals surface area (Å²) in [6, 6.07) is 6.55. The number of rotatable bonds is 6. The Morgan fingerprint density at radius 3 is 2.77 bits per heavy atom. The monoisotopic (exact) mass is 510 g/mol. The molecule has 30 heavy (non-hydrogen) atoms. The van der Waals surface area contributed by atoms with E-state index in [1.165, 1.54) is 24.5 Å². The number of benzene rings is 1. The summed E-state index contributed by atoms with van der Waals surface area (Å²) >= 11 is 10.3. The van der Waals surface area contributed by atoms with Crippen molar-refractivity contribution in [3.63, 3.8) is 0 Å². The molecular formula is C20H20BrFN4O2S2. The summed E-state index contributed by atoms with van der Waals surface area (Å²) in [7, 11) is 1.36. The molecule has 2 N–H and O–H groups in total. The largest absolute Gasteiger partial charge is 0.465 e. The Kier molecular flexibility index (Phi) is 7.22. The van der Waals surface area contributed by atoms with Crippen molar-refractivity contribution in [2.24, 2.45) is 0 Å². The highest BCUT2D eigenvalue weighted by Crippen LogP contribution is 2.34. The smallest absolute Gasteiger partial charge is 0.341 e. The Morgan fingerprint density at radius 1 is 1.37 bits per heavy atom. The maximum Gasteiger partial charge on any atom is 0.341 e. The van der Waals surface area contributed by atoms with Gasteiger partial charge in [-0.15, -0.1) is 11.3 Å². The Morgan fingerprint density at radius 2 is 2.10 bits per heavy atom. The standard InChI is InChI=1S/C20H20BrFN4O2S2/c1-4-13-11(2)30-18(16(13)19(27)28-3)24-20(29)23-17-14(21)10-26(25-17)9-12-7-5-6-8-15(12)22/h5-8,10H,4,9H2,1-3H3,(H2,23,24,25,29). The van der Waals surface area contributed by atoms with Crippen molar-refractivity contribution < 1.29 is 13.9 Å². The van der Waals surface area contributed by atoms with Crippen LogP contribution in [0.15, 0.2) is 34.9 Å². The second-order valence-corrected chi connectivity index (χ2v) is 8.87. The molecule has 3 rings (SSSR count). The first kappa shape index (κ1) is 22.4. The molecule has 158 valence electrons. The lowest BCUT2D eigenvalue weighted by molar-refractivity contribution is 0.0601. The average Bonchev–Trinajstić information content (AvgIpc) is 3.21. The SMILES string of the molecule is CCc1c(C)sc(NC(=S)Nc2nn(Cc3ccccc3F)cc2Br)c1C(=O)OC. The van der Waals surface area contributed by atoms with Crippen LogP contribution >= 0.6 is 39.5 Å². The maximum atomic E-state index is 13.9. The first-order chi connectivity index (χ1) is 14.3. The van der Waals surface area contributed by atoms with Crippen molar-refractivity contribution in [1.82, 2.24) is 9.78 Å². The van der Waals surface area contributed by atoms with Crippen LogP contribution in [0.2, 0.25) is 0 Å². The van der Waals surface area contributed by atoms with E-state index >= 15 is 0 Å². The summed E-state index contributed by atoms with van der Waals surface area (Å²) in [4.78, 5) is 13.3. The molecule has 3 aromatic rings. The molecule has 0 aliphatic heterocycles. The van der Waals surface area contributed by atoms with Crippen molar-refractivity contribution in [1.29, 1.82) is 0 Å². The van der Waals surface area contributed by atoms with Crippen LogP contribution in [-0.2, 0) is 17.7 Å². The van der Waals surface area contributed by atoms with Gasteiger partial charge < -0.3 is 15.4 Å². The number of carbonyl (C=O) groups excluding carboxylic acids is 1. The molecule has 0 atom stereocenters. The molecule has 2 heterocycles. The molecule has 10 heteroatoms. The second kappa shape index (κ2) is 9.67. The molecule has 0 spiro atoms. The predicted octanol–water partition coefficient (Wildman–Crippen LogP) is 5.36. The fourth-order valence-corrected chi connectivity index (χ4v) is 4.83. The topological polar surface area (TPSA) is 68.2 Å². The van der Waals surface area contributed by atoms with Gasteiger partial charge in [0, 0.05) is 16.6 Å². The van der Waals surface area contributed by atoms with Crippen LogP contribution < -0.4 is 10.6 Å². The van der Waals surface area contributed by atoms with E-state index in [4.69, 9.17) is 17.0 Å². The maximum absolute atomic E-state index is 13.9. The fourth-order valence-electron chi connectivity index (χ4n) is 3.02. The van der Waals surface area contributed by atoms with Gasteiger partial charge in [-0.25, -0.2) is 9.18 Å². The normalized spacial score (nSPS) is 10.7. The second-order valence-electron chi connectivity index (χ2n) is 6.38. The van der Waals surface area contributed by atoms with Crippen LogP contribution in [0, 0.1) is 12.7 Å². The first-order valence-corrected chi connectivity index (χ1v) is 11.1. The van der Waals surface area contributed by atoms with Gasteiger partial charge in [-0.3, -0.25) is 4.68 Å². The van der Waals surface area contributed by atoms with Crippen LogP contribution in [-0.4, -0.2) is 28.0 Å². The number of thiophene rings is 1. The summed E-state index contributed by atoms with van der Waals surface area (Å²) in [5.74, 6) is -0.213. The number of methoxy groups -OCH3 is 1. The number of aryl methyl sites for hydroxylation is 1. The molecule has 0 unspecified atom stereocenters. The van der Waals surface area contributed by atoms with Crippen LogP contribution in [0.3, 0.4) is 0 Å². The summed E-state index contributed by atoms with van der Waals surface area (Å²) in [5.41, 5.74) is 1.96. The molecule has 1 aromatic carbocycles. The number of ether oxygens (including phenoxy) is 1. The number of esters is 1. The van der Waals surface area contributed by atoms with E-state index in [1.54, 1.807) is 29.1 Å². The van der Waals surface area contributed by atoms with E-state index in [2.05, 4.69) is 31.7 Å². The number of aromatic nitrogens is 2. The van der Waals surface area contributed by atoms with Crippen LogP contribution in [0.4, 0.5) is 15.2 Å². The molecular weight excluding hydrogens is 491 g/mol. The zero-order valence-electron chi connectivity index (χ0n) is 16.6. The van der Waals surface area contributed by atoms with E-state index < -0.39 is 5.97 Å². The Labute approximate surface area is 191 Å². The Hall–Kier alpha value is -2.30. The Bertz CT molecular complexity index is 1100. The lowest BCUT2D eigenvalue weighted by atomic mass is 10.1. The van der Waals surface area contributed by atoms with E-state index in [1.807, 2.05) is 13.8 Å². The number of nitrogens with one attached hydrogen (secondary N) is 2. The quantitative estimate of drug-likeness (QED) is 0.343. The molecule has 0 aliphatic carbocycles. The minimum atomic E-state index is -0.406. The van der Waals surface area contributed by atoms with Gasteiger partial charge in [-0.05, 0) is 53.1 Å². The van der Waals surface area contributed by atoms with Gasteiger partial charge in [0.1, 0.15) is 10.8 Å². The summed E-state index contributed by atoms with van der Waals surface area (Å²) < 4.78 is 21.1. The number of thiocarbonyl (C=S) groups is 1. The third kappa shape index (κ3) is 4.88. The highest BCUT2D eigenvalue weighted by atomic mass is 79.9. The van der Waals surface area contributed by atoms with Crippen molar-refractivity contribution >= 4 is 61.4 Å². The van der Waals surface area contributed by atoms with Crippen LogP contribution in [0.1, 0.15) is 33.3 Å². The minimum Gasteiger partial charge on any atom is -0.465 e. The fraction of sp³-hybridized carbons (Fsp3) is 0.250. The van der Waals surface area contributed by atoms with Gasteiger partial charge in [0.25, 0.3) is 0 Å². The molecule has 0 aliphatic rings. The molecule has 0 bridgehead atoms. The van der Waals surface area contributed by atoms with Gasteiger partial charge in [-0.1, -0.05) is 25.1 Å². The first-order valence-electron chi connectivity index (χ1n) is 9.09. The number of anilines is 2. The lowest BCUT2D eigenvalue weighted by Crippen LogP contribution is -2.21. The van der Waals surface area contributed by atoms with Crippen molar-refractivity contribution in [3.05, 3.63) is 62.3 Å². The molecule has 0 amide bonds. The van der Waals surface area contributed by atoms with Gasteiger partial charge in [0.2, 0.25) is 0 Å². The van der Waals surface area contributed by atoms with Crippen molar-refractivity contribution in [2.45, 2.75) is 26.8 Å². The number of hydrogen-bond donors (Lipinski definition) is 2. The molecule has 2 aromatic heterocycles. The molecule has 6 nitrogen and oxygen atoms in total. The van der Waals surface area contributed by atoms with Gasteiger partial charge in [0.05, 0.1) is 23.7 Å². The lowest BCUT2D eigenvalue weighted by Gasteiger charge is -2.10. The summed E-state index contributed by atoms with van der Waals surface area (Å²) in [5, 5.41) is 11.4. The number of halogens is 2. The third-order valence-electron chi connectivity index (χ3n) is 4.42. The minimum absolute atomic E-state index is 0.279. The van der Waals surface area contributed by atoms with E-state index in [0.29, 0.717) is 32.8 Å². The average molecular weight is 511 g/mol. The molecule has 0 radical (unpaired) electrons. The van der Waals surface area contributed by atoms with Crippen molar-refractivity contribution in [2.75, 3.05) is 17.7 Å². The zero-order chi connectivity index (χ0) is 21.8. The van der Waals surface area contributed by atoms with Crippen molar-refractivity contribution in [3.8, 4) is 0 Å². The van der Waals surface area contributed by atoms with Crippen LogP contribution in [0.25, 0.3) is 0 Å². The molecule has 0 saturated heterocycles. The van der Waals surface area contributed by atoms with E-state index in [9.17, 15) is 9.18 Å².